The number of nitrogens with one attached hydrogen (secondary N) is 1. The Morgan fingerprint density at radius 2 is 2.11 bits per heavy atom. The highest BCUT2D eigenvalue weighted by atomic mass is 16.5. The minimum Gasteiger partial charge on any atom is -0.497 e. The molecule has 0 aliphatic heterocycles. The Labute approximate surface area is 162 Å². The molecule has 0 atom stereocenters. The fourth-order valence-electron chi connectivity index (χ4n) is 2.74. The number of aryl methyl sites for hydroxylation is 1. The van der Waals surface area contributed by atoms with Gasteiger partial charge in [0.25, 0.3) is 5.91 Å². The van der Waals surface area contributed by atoms with Crippen LogP contribution in [0.3, 0.4) is 0 Å². The van der Waals surface area contributed by atoms with Crippen molar-refractivity contribution in [1.82, 2.24) is 20.1 Å². The van der Waals surface area contributed by atoms with E-state index in [0.717, 1.165) is 16.5 Å². The normalized spacial score (nSPS) is 10.3. The Morgan fingerprint density at radius 3 is 2.82 bits per heavy atom. The second-order valence-electron chi connectivity index (χ2n) is 5.88. The van der Waals surface area contributed by atoms with Crippen LogP contribution in [-0.2, 0) is 13.6 Å². The van der Waals surface area contributed by atoms with Crippen LogP contribution in [0.4, 0.5) is 0 Å². The van der Waals surface area contributed by atoms with Gasteiger partial charge in [-0.05, 0) is 24.1 Å². The Bertz CT molecular complexity index is 1080. The van der Waals surface area contributed by atoms with Crippen LogP contribution < -0.4 is 14.8 Å². The van der Waals surface area contributed by atoms with E-state index in [-0.39, 0.29) is 24.8 Å². The number of nitrogens with zero attached hydrogens (tertiary/aromatic N) is 3. The van der Waals surface area contributed by atoms with Crippen LogP contribution in [-0.4, -0.2) is 46.6 Å². The van der Waals surface area contributed by atoms with Gasteiger partial charge in [0.1, 0.15) is 29.5 Å². The van der Waals surface area contributed by atoms with Crippen molar-refractivity contribution in [3.8, 4) is 23.3 Å². The number of fused-ring (bicyclic) bond motifs is 1. The van der Waals surface area contributed by atoms with E-state index in [1.54, 1.807) is 50.3 Å². The predicted octanol–water partition coefficient (Wildman–Crippen LogP) is 1.26. The van der Waals surface area contributed by atoms with Gasteiger partial charge in [-0.2, -0.15) is 5.10 Å². The van der Waals surface area contributed by atoms with Crippen molar-refractivity contribution in [2.24, 2.45) is 7.05 Å². The highest BCUT2D eigenvalue weighted by Gasteiger charge is 2.15. The van der Waals surface area contributed by atoms with Gasteiger partial charge in [0.05, 0.1) is 31.3 Å². The Morgan fingerprint density at radius 1 is 1.29 bits per heavy atom. The van der Waals surface area contributed by atoms with Crippen molar-refractivity contribution in [3.05, 3.63) is 47.4 Å². The maximum atomic E-state index is 12.7. The highest BCUT2D eigenvalue weighted by molar-refractivity contribution is 5.97. The van der Waals surface area contributed by atoms with Crippen LogP contribution in [0.5, 0.6) is 11.5 Å². The summed E-state index contributed by atoms with van der Waals surface area (Å²) in [5.41, 5.74) is 2.14. The molecule has 144 valence electrons. The molecule has 0 aliphatic rings. The number of carbonyl (C=O) groups is 1. The first kappa shape index (κ1) is 19.2. The number of aliphatic hydroxyl groups excluding tert-OH is 1. The smallest absolute Gasteiger partial charge is 0.270 e. The van der Waals surface area contributed by atoms with Gasteiger partial charge < -0.3 is 19.9 Å². The van der Waals surface area contributed by atoms with Crippen molar-refractivity contribution in [1.29, 1.82) is 0 Å². The standard InChI is InChI=1S/C20H20N4O4/c1-24-18-10-17(23-16(5-4-8-25)15(18)12-22-24)20(26)21-11-13-6-7-14(27-2)9-19(13)28-3/h6-7,9-10,12,25H,8,11H2,1-3H3,(H,21,26). The van der Waals surface area contributed by atoms with Crippen LogP contribution in [0, 0.1) is 11.8 Å². The Balaban J connectivity index is 1.87. The molecule has 28 heavy (non-hydrogen) atoms. The second-order valence-corrected chi connectivity index (χ2v) is 5.88. The first-order valence-corrected chi connectivity index (χ1v) is 8.49. The number of methoxy groups -OCH3 is 2. The number of hydrogen-bond donors (Lipinski definition) is 2. The third-order valence-corrected chi connectivity index (χ3v) is 4.20. The van der Waals surface area contributed by atoms with Gasteiger partial charge in [0.2, 0.25) is 0 Å². The molecule has 2 heterocycles. The molecule has 3 aromatic rings. The second kappa shape index (κ2) is 8.41. The number of benzene rings is 1. The van der Waals surface area contributed by atoms with Gasteiger partial charge >= 0.3 is 0 Å². The van der Waals surface area contributed by atoms with E-state index in [9.17, 15) is 4.79 Å². The van der Waals surface area contributed by atoms with Crippen molar-refractivity contribution in [3.63, 3.8) is 0 Å². The van der Waals surface area contributed by atoms with Gasteiger partial charge in [-0.15, -0.1) is 0 Å². The molecule has 0 unspecified atom stereocenters. The van der Waals surface area contributed by atoms with Crippen LogP contribution in [0.25, 0.3) is 10.9 Å². The number of amides is 1. The molecule has 0 bridgehead atoms. The molecule has 3 rings (SSSR count). The van der Waals surface area contributed by atoms with Gasteiger partial charge in [0, 0.05) is 25.2 Å². The summed E-state index contributed by atoms with van der Waals surface area (Å²) in [6.07, 6.45) is 1.63. The van der Waals surface area contributed by atoms with E-state index in [4.69, 9.17) is 14.6 Å². The van der Waals surface area contributed by atoms with Crippen molar-refractivity contribution in [2.75, 3.05) is 20.8 Å². The summed E-state index contributed by atoms with van der Waals surface area (Å²) in [4.78, 5) is 17.0. The summed E-state index contributed by atoms with van der Waals surface area (Å²) in [6.45, 7) is -0.0358. The topological polar surface area (TPSA) is 98.5 Å². The quantitative estimate of drug-likeness (QED) is 0.647. The van der Waals surface area contributed by atoms with Gasteiger partial charge in [-0.1, -0.05) is 5.92 Å². The molecule has 1 aromatic carbocycles. The first-order valence-electron chi connectivity index (χ1n) is 8.49. The number of aliphatic hydroxyl groups is 1. The number of hydrogen-bond acceptors (Lipinski definition) is 6. The summed E-state index contributed by atoms with van der Waals surface area (Å²) in [7, 11) is 4.91. The number of carbonyl (C=O) groups excluding carboxylic acids is 1. The number of ether oxygens (including phenoxy) is 2. The van der Waals surface area contributed by atoms with E-state index >= 15 is 0 Å². The lowest BCUT2D eigenvalue weighted by atomic mass is 10.1. The summed E-state index contributed by atoms with van der Waals surface area (Å²) < 4.78 is 12.2. The molecule has 2 aromatic heterocycles. The maximum Gasteiger partial charge on any atom is 0.270 e. The van der Waals surface area contributed by atoms with E-state index in [0.29, 0.717) is 17.2 Å². The van der Waals surface area contributed by atoms with Gasteiger partial charge in [-0.25, -0.2) is 4.98 Å². The lowest BCUT2D eigenvalue weighted by Gasteiger charge is -2.11. The van der Waals surface area contributed by atoms with Crippen molar-refractivity contribution >= 4 is 16.8 Å². The highest BCUT2D eigenvalue weighted by Crippen LogP contribution is 2.24. The van der Waals surface area contributed by atoms with E-state index < -0.39 is 0 Å². The van der Waals surface area contributed by atoms with Crippen LogP contribution >= 0.6 is 0 Å². The van der Waals surface area contributed by atoms with Crippen molar-refractivity contribution in [2.45, 2.75) is 6.54 Å². The Hall–Kier alpha value is -3.57. The molecule has 0 spiro atoms. The van der Waals surface area contributed by atoms with E-state index in [1.165, 1.54) is 0 Å². The molecule has 0 fully saturated rings. The fourth-order valence-corrected chi connectivity index (χ4v) is 2.74. The minimum absolute atomic E-state index is 0.214. The molecule has 8 nitrogen and oxygen atoms in total. The molecule has 1 amide bonds. The Kier molecular flexibility index (Phi) is 5.77. The average molecular weight is 380 g/mol. The van der Waals surface area contributed by atoms with Crippen LogP contribution in [0.1, 0.15) is 21.7 Å². The third-order valence-electron chi connectivity index (χ3n) is 4.20. The zero-order valence-corrected chi connectivity index (χ0v) is 15.8. The predicted molar refractivity (Wildman–Crippen MR) is 103 cm³/mol. The third kappa shape index (κ3) is 3.89. The fraction of sp³-hybridized carbons (Fsp3) is 0.250. The molecule has 8 heteroatoms. The molecule has 0 aliphatic carbocycles. The maximum absolute atomic E-state index is 12.7. The summed E-state index contributed by atoms with van der Waals surface area (Å²) in [6, 6.07) is 7.04. The number of aromatic nitrogens is 3. The molecular formula is C20H20N4O4. The van der Waals surface area contributed by atoms with E-state index in [1.807, 2.05) is 6.07 Å². The molecule has 0 radical (unpaired) electrons. The summed E-state index contributed by atoms with van der Waals surface area (Å²) >= 11 is 0. The van der Waals surface area contributed by atoms with Crippen LogP contribution in [0.15, 0.2) is 30.5 Å². The largest absolute Gasteiger partial charge is 0.497 e. The lowest BCUT2D eigenvalue weighted by molar-refractivity contribution is 0.0946. The summed E-state index contributed by atoms with van der Waals surface area (Å²) in [5.74, 6) is 6.26. The zero-order chi connectivity index (χ0) is 20.1. The van der Waals surface area contributed by atoms with Crippen LogP contribution in [0.2, 0.25) is 0 Å². The van der Waals surface area contributed by atoms with Gasteiger partial charge in [-0.3, -0.25) is 9.48 Å². The molecular weight excluding hydrogens is 360 g/mol. The minimum atomic E-state index is -0.354. The zero-order valence-electron chi connectivity index (χ0n) is 15.8. The SMILES string of the molecule is COc1ccc(CNC(=O)c2cc3c(cnn3C)c(C#CCO)n2)c(OC)c1. The molecule has 0 saturated carbocycles. The lowest BCUT2D eigenvalue weighted by Crippen LogP contribution is -2.24. The monoisotopic (exact) mass is 380 g/mol. The van der Waals surface area contributed by atoms with Gasteiger partial charge in [0.15, 0.2) is 0 Å². The number of rotatable bonds is 5. The average Bonchev–Trinajstić information content (AvgIpc) is 3.10. The molecule has 2 N–H and O–H groups in total. The van der Waals surface area contributed by atoms with Crippen molar-refractivity contribution < 1.29 is 19.4 Å². The number of pyridine rings is 1. The first-order chi connectivity index (χ1) is 13.6. The summed E-state index contributed by atoms with van der Waals surface area (Å²) in [5, 5.41) is 16.7. The van der Waals surface area contributed by atoms with E-state index in [2.05, 4.69) is 27.2 Å². The molecule has 0 saturated heterocycles.